The minimum atomic E-state index is -0.409. The number of fused-ring (bicyclic) bond motifs is 4. The maximum absolute atomic E-state index is 14.3. The number of aliphatic hydroxyl groups excluding tert-OH is 1. The maximum atomic E-state index is 14.3. The lowest BCUT2D eigenvalue weighted by atomic mass is 9.68. The third-order valence-electron chi connectivity index (χ3n) is 7.66. The fourth-order valence-corrected chi connectivity index (χ4v) is 6.02. The Kier molecular flexibility index (Phi) is 4.98. The summed E-state index contributed by atoms with van der Waals surface area (Å²) in [7, 11) is 1.66. The van der Waals surface area contributed by atoms with Gasteiger partial charge in [-0.3, -0.25) is 9.80 Å². The zero-order valence-corrected chi connectivity index (χ0v) is 18.8. The number of H-pyrrole nitrogens is 1. The van der Waals surface area contributed by atoms with E-state index in [-0.39, 0.29) is 23.9 Å². The molecule has 2 aliphatic heterocycles. The van der Waals surface area contributed by atoms with Gasteiger partial charge >= 0.3 is 0 Å². The molecule has 2 N–H and O–H groups in total. The van der Waals surface area contributed by atoms with Crippen molar-refractivity contribution in [2.24, 2.45) is 5.92 Å². The van der Waals surface area contributed by atoms with E-state index in [0.717, 1.165) is 54.6 Å². The minimum absolute atomic E-state index is 0.0562. The van der Waals surface area contributed by atoms with Crippen molar-refractivity contribution >= 4 is 10.9 Å². The molecule has 7 heteroatoms. The van der Waals surface area contributed by atoms with E-state index in [1.165, 1.54) is 30.5 Å². The Labute approximate surface area is 191 Å². The van der Waals surface area contributed by atoms with Gasteiger partial charge in [-0.25, -0.2) is 8.78 Å². The lowest BCUT2D eigenvalue weighted by molar-refractivity contribution is -0.0107. The molecule has 1 aliphatic carbocycles. The molecule has 3 heterocycles. The monoisotopic (exact) mass is 453 g/mol. The number of hydrogen-bond acceptors (Lipinski definition) is 4. The number of aromatic amines is 1. The van der Waals surface area contributed by atoms with Crippen LogP contribution < -0.4 is 4.74 Å². The first kappa shape index (κ1) is 21.1. The van der Waals surface area contributed by atoms with Crippen LogP contribution >= 0.6 is 0 Å². The lowest BCUT2D eigenvalue weighted by Crippen LogP contribution is -2.66. The summed E-state index contributed by atoms with van der Waals surface area (Å²) < 4.78 is 33.4. The number of likely N-dealkylation sites (tertiary alicyclic amines) is 1. The first-order valence-corrected chi connectivity index (χ1v) is 11.7. The summed E-state index contributed by atoms with van der Waals surface area (Å²) >= 11 is 0. The van der Waals surface area contributed by atoms with Crippen LogP contribution in [-0.2, 0) is 12.0 Å². The number of aromatic nitrogens is 1. The van der Waals surface area contributed by atoms with E-state index in [1.807, 2.05) is 12.1 Å². The molecule has 3 aliphatic rings. The number of halogens is 2. The average molecular weight is 454 g/mol. The summed E-state index contributed by atoms with van der Waals surface area (Å²) in [5.41, 5.74) is 3.66. The van der Waals surface area contributed by atoms with Gasteiger partial charge in [0, 0.05) is 66.4 Å². The van der Waals surface area contributed by atoms with Crippen molar-refractivity contribution in [2.75, 3.05) is 39.9 Å². The Morgan fingerprint density at radius 2 is 1.94 bits per heavy atom. The number of hydrogen-bond donors (Lipinski definition) is 2. The highest BCUT2D eigenvalue weighted by molar-refractivity contribution is 5.88. The van der Waals surface area contributed by atoms with Crippen LogP contribution in [0.25, 0.3) is 10.9 Å². The van der Waals surface area contributed by atoms with Crippen LogP contribution in [0.4, 0.5) is 8.78 Å². The molecule has 0 unspecified atom stereocenters. The zero-order chi connectivity index (χ0) is 22.7. The molecule has 5 nitrogen and oxygen atoms in total. The highest BCUT2D eigenvalue weighted by Gasteiger charge is 2.53. The van der Waals surface area contributed by atoms with Gasteiger partial charge in [0.2, 0.25) is 0 Å². The molecule has 1 atom stereocenters. The number of ether oxygens (including phenoxy) is 1. The van der Waals surface area contributed by atoms with Crippen LogP contribution in [0.2, 0.25) is 0 Å². The molecular formula is C26H29F2N3O2. The second-order valence-electron chi connectivity index (χ2n) is 10.1. The number of nitrogens with zero attached hydrogens (tertiary/aromatic N) is 2. The Hall–Kier alpha value is -2.48. The average Bonchev–Trinajstić information content (AvgIpc) is 3.51. The minimum Gasteiger partial charge on any atom is -0.497 e. The quantitative estimate of drug-likeness (QED) is 0.593. The molecule has 1 saturated carbocycles. The molecule has 2 fully saturated rings. The topological polar surface area (TPSA) is 51.7 Å². The van der Waals surface area contributed by atoms with Crippen LogP contribution in [0.1, 0.15) is 35.7 Å². The van der Waals surface area contributed by atoms with Crippen molar-refractivity contribution in [2.45, 2.75) is 30.8 Å². The van der Waals surface area contributed by atoms with Crippen LogP contribution in [0.15, 0.2) is 36.4 Å². The molecule has 1 saturated heterocycles. The van der Waals surface area contributed by atoms with Gasteiger partial charge in [0.1, 0.15) is 17.4 Å². The third-order valence-corrected chi connectivity index (χ3v) is 7.66. The highest BCUT2D eigenvalue weighted by atomic mass is 19.1. The Morgan fingerprint density at radius 1 is 1.12 bits per heavy atom. The Balaban J connectivity index is 1.37. The number of methoxy groups -OCH3 is 1. The van der Waals surface area contributed by atoms with Crippen LogP contribution in [0, 0.1) is 17.6 Å². The predicted octanol–water partition coefficient (Wildman–Crippen LogP) is 3.97. The van der Waals surface area contributed by atoms with Gasteiger partial charge < -0.3 is 14.8 Å². The number of aliphatic hydroxyl groups is 1. The van der Waals surface area contributed by atoms with E-state index in [1.54, 1.807) is 7.11 Å². The molecular weight excluding hydrogens is 424 g/mol. The molecule has 0 radical (unpaired) electrons. The van der Waals surface area contributed by atoms with Crippen molar-refractivity contribution in [3.63, 3.8) is 0 Å². The van der Waals surface area contributed by atoms with E-state index < -0.39 is 5.82 Å². The van der Waals surface area contributed by atoms with Crippen LogP contribution in [0.3, 0.4) is 0 Å². The van der Waals surface area contributed by atoms with Gasteiger partial charge in [0.05, 0.1) is 19.8 Å². The van der Waals surface area contributed by atoms with E-state index >= 15 is 0 Å². The van der Waals surface area contributed by atoms with Crippen LogP contribution in [0.5, 0.6) is 5.75 Å². The lowest BCUT2D eigenvalue weighted by Gasteiger charge is -2.56. The normalized spacial score (nSPS) is 22.5. The molecule has 33 heavy (non-hydrogen) atoms. The predicted molar refractivity (Wildman–Crippen MR) is 122 cm³/mol. The van der Waals surface area contributed by atoms with Gasteiger partial charge in [-0.05, 0) is 54.7 Å². The van der Waals surface area contributed by atoms with Crippen molar-refractivity contribution < 1.29 is 18.6 Å². The summed E-state index contributed by atoms with van der Waals surface area (Å²) in [5.74, 6) is 0.729. The number of rotatable bonds is 6. The van der Waals surface area contributed by atoms with Crippen molar-refractivity contribution in [3.05, 3.63) is 64.9 Å². The standard InChI is InChI=1S/C26H29F2N3O2/c1-33-19-5-6-20-22(9-19)29-25-23(12-32)31(10-16-2-3-16)15-26(24(20)25)13-30(14-26)11-17-8-18(27)4-7-21(17)28/h4-9,16,23,29,32H,2-3,10-15H2,1H3/t23-/m1/s1. The molecule has 174 valence electrons. The third kappa shape index (κ3) is 3.54. The molecule has 0 bridgehead atoms. The number of nitrogens with one attached hydrogen (secondary N) is 1. The van der Waals surface area contributed by atoms with E-state index in [2.05, 4.69) is 20.9 Å². The molecule has 3 aromatic rings. The van der Waals surface area contributed by atoms with Gasteiger partial charge in [0.25, 0.3) is 0 Å². The fraction of sp³-hybridized carbons (Fsp3) is 0.462. The number of benzene rings is 2. The molecule has 1 spiro atoms. The first-order chi connectivity index (χ1) is 16.0. The molecule has 1 aromatic heterocycles. The summed E-state index contributed by atoms with van der Waals surface area (Å²) in [6, 6.07) is 9.70. The molecule has 6 rings (SSSR count). The Bertz CT molecular complexity index is 1200. The molecule has 0 amide bonds. The summed E-state index contributed by atoms with van der Waals surface area (Å²) in [6.07, 6.45) is 2.51. The first-order valence-electron chi connectivity index (χ1n) is 11.7. The SMILES string of the molecule is COc1ccc2c3c([nH]c2c1)[C@@H](CO)N(CC1CC1)CC31CN(Cc2cc(F)ccc2F)C1. The fourth-order valence-electron chi connectivity index (χ4n) is 6.02. The summed E-state index contributed by atoms with van der Waals surface area (Å²) in [6.45, 7) is 3.86. The second kappa shape index (κ2) is 7.79. The van der Waals surface area contributed by atoms with Crippen molar-refractivity contribution in [3.8, 4) is 5.75 Å². The highest BCUT2D eigenvalue weighted by Crippen LogP contribution is 2.49. The Morgan fingerprint density at radius 3 is 2.67 bits per heavy atom. The second-order valence-corrected chi connectivity index (χ2v) is 10.1. The van der Waals surface area contributed by atoms with Gasteiger partial charge in [0.15, 0.2) is 0 Å². The van der Waals surface area contributed by atoms with E-state index in [0.29, 0.717) is 18.0 Å². The summed E-state index contributed by atoms with van der Waals surface area (Å²) in [5, 5.41) is 11.5. The smallest absolute Gasteiger partial charge is 0.127 e. The van der Waals surface area contributed by atoms with E-state index in [4.69, 9.17) is 4.74 Å². The van der Waals surface area contributed by atoms with Gasteiger partial charge in [-0.2, -0.15) is 0 Å². The maximum Gasteiger partial charge on any atom is 0.127 e. The van der Waals surface area contributed by atoms with Crippen molar-refractivity contribution in [1.82, 2.24) is 14.8 Å². The van der Waals surface area contributed by atoms with Crippen LogP contribution in [-0.4, -0.2) is 59.8 Å². The van der Waals surface area contributed by atoms with Gasteiger partial charge in [-0.15, -0.1) is 0 Å². The summed E-state index contributed by atoms with van der Waals surface area (Å²) in [4.78, 5) is 8.24. The zero-order valence-electron chi connectivity index (χ0n) is 18.8. The van der Waals surface area contributed by atoms with E-state index in [9.17, 15) is 13.9 Å². The largest absolute Gasteiger partial charge is 0.497 e. The molecule has 2 aromatic carbocycles. The van der Waals surface area contributed by atoms with Crippen molar-refractivity contribution in [1.29, 1.82) is 0 Å². The van der Waals surface area contributed by atoms with Gasteiger partial charge in [-0.1, -0.05) is 0 Å².